The van der Waals surface area contributed by atoms with E-state index in [0.717, 1.165) is 70.3 Å². The molecule has 0 saturated carbocycles. The topological polar surface area (TPSA) is 499 Å². The van der Waals surface area contributed by atoms with Gasteiger partial charge in [0, 0.05) is 93.7 Å². The summed E-state index contributed by atoms with van der Waals surface area (Å²) < 4.78 is 28.5. The molecule has 16 N–H and O–H groups in total. The molecule has 5 aromatic rings. The van der Waals surface area contributed by atoms with Gasteiger partial charge in [-0.3, -0.25) is 53.3 Å². The first-order valence-electron chi connectivity index (χ1n) is 44.3. The average molecular weight is 1950 g/mol. The van der Waals surface area contributed by atoms with Crippen molar-refractivity contribution >= 4 is 143 Å². The molecule has 3 saturated heterocycles. The van der Waals surface area contributed by atoms with Crippen molar-refractivity contribution in [2.24, 2.45) is 23.3 Å². The lowest BCUT2D eigenvalue weighted by atomic mass is 9.83. The number of epoxide rings is 1. The predicted molar refractivity (Wildman–Crippen MR) is 513 cm³/mol. The van der Waals surface area contributed by atoms with Crippen molar-refractivity contribution in [1.82, 2.24) is 52.8 Å². The number of esters is 1. The summed E-state index contributed by atoms with van der Waals surface area (Å²) >= 11 is 6.92. The third kappa shape index (κ3) is 28.7. The largest absolute Gasteiger partial charge is 0.508 e. The number of aliphatic hydroxyl groups is 2. The zero-order chi connectivity index (χ0) is 97.5. The number of unbranched alkanes of at least 4 members (excludes halogenated alkanes) is 1. The van der Waals surface area contributed by atoms with E-state index in [1.54, 1.807) is 119 Å². The molecule has 0 unspecified atom stereocenters. The van der Waals surface area contributed by atoms with Gasteiger partial charge < -0.3 is 103 Å². The van der Waals surface area contributed by atoms with Crippen molar-refractivity contribution in [3.8, 4) is 11.5 Å². The molecule has 39 heteroatoms. The molecule has 34 nitrogen and oxygen atoms in total. The Balaban J connectivity index is 0.888. The Hall–Kier alpha value is -10.7. The maximum atomic E-state index is 15.6. The summed E-state index contributed by atoms with van der Waals surface area (Å²) in [5.74, 6) is -11.8. The number of hydrogen-bond acceptors (Lipinski definition) is 26. The van der Waals surface area contributed by atoms with Crippen LogP contribution >= 0.6 is 54.8 Å². The van der Waals surface area contributed by atoms with E-state index in [9.17, 15) is 53.7 Å². The molecule has 3 fully saturated rings. The number of aliphatic hydroxyl groups excluding tert-OH is 1. The lowest BCUT2D eigenvalue weighted by Gasteiger charge is -2.42. The minimum absolute atomic E-state index is 0.0323. The number of likely N-dealkylation sites (N-methyl/N-ethyl adjacent to an activating group) is 1. The minimum atomic E-state index is -1.96. The molecule has 724 valence electrons. The third-order valence-electron chi connectivity index (χ3n) is 24.4. The van der Waals surface area contributed by atoms with Gasteiger partial charge in [-0.2, -0.15) is 0 Å². The number of carbonyl (C=O) groups excluding carboxylic acids is 13. The number of nitrogens with two attached hydrogens (primary N) is 2. The second-order valence-corrected chi connectivity index (χ2v) is 40.9. The number of ether oxygens (including phenoxy) is 5. The molecule has 0 radical (unpaired) electrons. The lowest BCUT2D eigenvalue weighted by Crippen LogP contribution is -2.63. The summed E-state index contributed by atoms with van der Waals surface area (Å²) in [6, 6.07) is 21.8. The number of Topliss-reactive ketones (excluding diaryl/α,β-unsaturated/α-hetero) is 1. The van der Waals surface area contributed by atoms with Gasteiger partial charge in [-0.15, -0.1) is 0 Å². The summed E-state index contributed by atoms with van der Waals surface area (Å²) in [7, 11) is 9.75. The molecule has 12 amide bonds. The predicted octanol–water partition coefficient (Wildman–Crippen LogP) is 7.03. The van der Waals surface area contributed by atoms with Crippen LogP contribution in [0.4, 0.5) is 15.3 Å². The number of nitrogens with one attached hydrogen (secondary N) is 9. The zero-order valence-electron chi connectivity index (χ0n) is 76.8. The maximum absolute atomic E-state index is 15.6. The number of rotatable bonds is 30. The number of phenols is 1. The molecule has 134 heavy (non-hydrogen) atoms. The standard InChI is InChI=1S/C95H122ClN13O21S4/c1-53-23-22-31-75(127-11)95(125)49-74(128-92(124)107-95)54(2)82-94(7,130-82)76(48-78(114)109(9)71-44-60(41-53)45-73(126-10)79(71)96)129-90(122)55(3)108(8)77(113)38-40-131-134-93(5,6)81(83(98)115)106-88(120)70-52-133-132-51-69(102-86(118)67(43-57-24-14-12-15-25-57)104-91(123)99-50-59-26-16-13-17-27-59)72(112)47-63(42-58-32-36-64(111)37-33-58)84(116)101-68(46-62-35-34-61-28-18-19-29-65(61)62)87(119)100-66(30-20-21-39-97)85(117)105-80(56(4)110)89(121)103-70/h12-19,22-29,31-33,35-37,44-45,54-56,63,66-70,74-76,80-82,110-111,125H,20-21,30,34,38-43,46-52,97H2,1-11H3,(H2,98,115)(H,100,119)(H,101,116)(H,102,118)(H,103,121)(H,105,117)(H,106,120)(H,107,124)(H2,99,104,123)/b31-22+,53-23+/t54-,55+,56-,63-,66+,67-,68-,69+,70+,74+,75-,76+,80+,81+,82+,94+,95+/m1/s1. The van der Waals surface area contributed by atoms with Crippen molar-refractivity contribution < 1.29 is 101 Å². The molecule has 17 atom stereocenters. The Morgan fingerprint density at radius 3 is 2.17 bits per heavy atom. The van der Waals surface area contributed by atoms with E-state index in [1.165, 1.54) is 59.2 Å². The number of anilines is 1. The second kappa shape index (κ2) is 48.7. The van der Waals surface area contributed by atoms with Gasteiger partial charge >= 0.3 is 18.1 Å². The Bertz CT molecular complexity index is 5140. The van der Waals surface area contributed by atoms with Gasteiger partial charge in [0.25, 0.3) is 0 Å². The van der Waals surface area contributed by atoms with Crippen LogP contribution in [0.3, 0.4) is 0 Å². The quantitative estimate of drug-likeness (QED) is 0.00949. The lowest BCUT2D eigenvalue weighted by molar-refractivity contribution is -0.162. The molecule has 4 aliphatic heterocycles. The number of nitrogens with zero attached hydrogens (tertiary/aromatic N) is 2. The number of methoxy groups -OCH3 is 2. The number of benzene rings is 5. The molecule has 0 aromatic heterocycles. The van der Waals surface area contributed by atoms with Gasteiger partial charge in [-0.25, -0.2) is 14.4 Å². The van der Waals surface area contributed by atoms with Crippen LogP contribution in [0.25, 0.3) is 5.57 Å². The number of primary amides is 1. The van der Waals surface area contributed by atoms with Crippen LogP contribution in [0.15, 0.2) is 151 Å². The molecule has 1 aliphatic carbocycles. The molecule has 4 heterocycles. The van der Waals surface area contributed by atoms with Gasteiger partial charge in [0.2, 0.25) is 53.2 Å². The molecular formula is C95H122ClN13O21S4. The Morgan fingerprint density at radius 1 is 0.821 bits per heavy atom. The maximum Gasteiger partial charge on any atom is 0.409 e. The number of alkyl carbamates (subject to hydrolysis) is 1. The van der Waals surface area contributed by atoms with Gasteiger partial charge in [0.05, 0.1) is 37.5 Å². The van der Waals surface area contributed by atoms with E-state index in [-0.39, 0.29) is 91.8 Å². The second-order valence-electron chi connectivity index (χ2n) is 34.9. The van der Waals surface area contributed by atoms with E-state index in [2.05, 4.69) is 47.9 Å². The van der Waals surface area contributed by atoms with E-state index >= 15 is 24.0 Å². The van der Waals surface area contributed by atoms with Crippen LogP contribution in [0.5, 0.6) is 11.5 Å². The fourth-order valence-electron chi connectivity index (χ4n) is 16.3. The van der Waals surface area contributed by atoms with Crippen molar-refractivity contribution in [1.29, 1.82) is 0 Å². The Labute approximate surface area is 800 Å². The van der Waals surface area contributed by atoms with Crippen molar-refractivity contribution in [3.05, 3.63) is 190 Å². The highest BCUT2D eigenvalue weighted by atomic mass is 35.5. The number of phenolic OH excluding ortho intramolecular Hbond substituents is 1. The smallest absolute Gasteiger partial charge is 0.409 e. The van der Waals surface area contributed by atoms with E-state index < -0.39 is 202 Å². The zero-order valence-corrected chi connectivity index (χ0v) is 80.8. The number of ketones is 1. The first kappa shape index (κ1) is 105. The molecule has 0 spiro atoms. The summed E-state index contributed by atoms with van der Waals surface area (Å²) in [5.41, 5.74) is 14.9. The summed E-state index contributed by atoms with van der Waals surface area (Å²) in [4.78, 5) is 194. The molecule has 10 rings (SSSR count). The van der Waals surface area contributed by atoms with Gasteiger partial charge in [0.1, 0.15) is 82.7 Å². The number of amides is 12. The summed E-state index contributed by atoms with van der Waals surface area (Å²) in [5, 5.41) is 58.7. The number of fused-ring (bicyclic) bond motifs is 6. The van der Waals surface area contributed by atoms with Crippen LogP contribution in [0.1, 0.15) is 133 Å². The molecular weight excluding hydrogens is 1820 g/mol. The van der Waals surface area contributed by atoms with Crippen LogP contribution in [0.2, 0.25) is 5.02 Å². The van der Waals surface area contributed by atoms with Crippen LogP contribution in [-0.2, 0) is 104 Å². The number of halogens is 1. The fourth-order valence-corrected chi connectivity index (χ4v) is 21.6. The van der Waals surface area contributed by atoms with E-state index in [1.807, 2.05) is 49.4 Å². The number of aromatic hydroxyl groups is 1. The number of carbonyl (C=O) groups is 13. The first-order valence-corrected chi connectivity index (χ1v) is 49.5. The molecule has 4 bridgehead atoms. The molecule has 5 aliphatic rings. The number of urea groups is 1. The average Bonchev–Trinajstić information content (AvgIpc) is 1.57. The monoisotopic (exact) mass is 1940 g/mol. The van der Waals surface area contributed by atoms with Gasteiger partial charge in [-0.1, -0.05) is 189 Å². The highest BCUT2D eigenvalue weighted by Crippen LogP contribution is 2.50. The summed E-state index contributed by atoms with van der Waals surface area (Å²) in [6.07, 6.45) is -0.243. The highest BCUT2D eigenvalue weighted by molar-refractivity contribution is 8.77. The third-order valence-corrected chi connectivity index (χ3v) is 30.5. The van der Waals surface area contributed by atoms with Gasteiger partial charge in [-0.05, 0) is 150 Å². The van der Waals surface area contributed by atoms with Crippen molar-refractivity contribution in [3.63, 3.8) is 0 Å². The fraction of sp³-hybridized carbons (Fsp3) is 0.484. The van der Waals surface area contributed by atoms with Crippen molar-refractivity contribution in [2.45, 2.75) is 227 Å². The van der Waals surface area contributed by atoms with Crippen molar-refractivity contribution in [2.75, 3.05) is 57.0 Å². The van der Waals surface area contributed by atoms with Crippen LogP contribution < -0.4 is 69.0 Å². The Morgan fingerprint density at radius 2 is 1.49 bits per heavy atom. The first-order chi connectivity index (χ1) is 63.7. The normalized spacial score (nSPS) is 25.6. The number of allylic oxidation sites excluding steroid dienone is 4. The SMILES string of the molecule is COc1cc2cc(c1Cl)N(C)C(=O)C[C@H](OC(=O)[C@H](C)N(C)C(=O)CCSSC(C)(C)[C@@H](NC(=O)[C@@H]1CSSC[C@H](NC(=O)[C@@H](Cc3ccccc3)NC(=O)NCc3ccccc3)C(=O)C[C@@H](Cc3ccc(O)cc3)C(=O)N[C@H](CC3=CCc4ccccc43)C(=O)N[C@@H](CCCCN)C(=O)N[C@@H]([C@@H](C)O)C(=O)N1)C(N)=O)[C@]1(C)O[C@H]1[C@H](C)[C@@H]1C[C@@](O)(NC(=O)O1)[C@H](OC)/C=C/C=C(\C)C2. The highest BCUT2D eigenvalue weighted by Gasteiger charge is 2.65. The Kier molecular flexibility index (Phi) is 38.3. The van der Waals surface area contributed by atoms with Gasteiger partial charge in [0.15, 0.2) is 11.5 Å². The molecule has 5 aromatic carbocycles. The van der Waals surface area contributed by atoms with E-state index in [0.29, 0.717) is 41.5 Å². The van der Waals surface area contributed by atoms with Crippen LogP contribution in [0, 0.1) is 11.8 Å². The minimum Gasteiger partial charge on any atom is -0.508 e. The summed E-state index contributed by atoms with van der Waals surface area (Å²) in [6.45, 7) is 11.3. The van der Waals surface area contributed by atoms with Crippen LogP contribution in [-0.4, -0.2) is 244 Å². The number of hydrogen-bond donors (Lipinski definition) is 14. The van der Waals surface area contributed by atoms with E-state index in [4.69, 9.17) is 46.8 Å².